The Hall–Kier alpha value is -3.97. The Morgan fingerprint density at radius 3 is 2.55 bits per heavy atom. The van der Waals surface area contributed by atoms with E-state index in [0.717, 1.165) is 18.3 Å². The van der Waals surface area contributed by atoms with Gasteiger partial charge in [-0.3, -0.25) is 9.59 Å². The zero-order valence-corrected chi connectivity index (χ0v) is 20.7. The zero-order chi connectivity index (χ0) is 27.8. The third-order valence-electron chi connectivity index (χ3n) is 5.51. The van der Waals surface area contributed by atoms with Gasteiger partial charge in [-0.25, -0.2) is 9.37 Å². The van der Waals surface area contributed by atoms with Crippen molar-refractivity contribution < 1.29 is 36.6 Å². The molecule has 2 aromatic carbocycles. The predicted octanol–water partition coefficient (Wildman–Crippen LogP) is 3.49. The standard InChI is InChI=1S/C25H27F4N5O4/c1-3-14-12-15(4-5-16(14)23(35)31-9-11-37-10-8-30)33-24(36)22-32-13-18(34(22)2)17-6-7-19(38-25(28)29)21(27)20(17)26/h4-7,12-13,25H,3,8-11,30H2,1-2H3,(H,31,35)(H,33,36). The molecule has 1 aromatic heterocycles. The summed E-state index contributed by atoms with van der Waals surface area (Å²) in [6, 6.07) is 6.70. The molecule has 0 fully saturated rings. The molecule has 3 rings (SSSR count). The molecule has 9 nitrogen and oxygen atoms in total. The van der Waals surface area contributed by atoms with Crippen LogP contribution in [0.5, 0.6) is 5.75 Å². The van der Waals surface area contributed by atoms with E-state index >= 15 is 0 Å². The number of nitrogens with two attached hydrogens (primary N) is 1. The number of carbonyl (C=O) groups is 2. The minimum Gasteiger partial charge on any atom is -0.432 e. The molecule has 0 aliphatic heterocycles. The number of anilines is 1. The number of carbonyl (C=O) groups excluding carboxylic acids is 2. The van der Waals surface area contributed by atoms with Crippen LogP contribution in [0.15, 0.2) is 36.5 Å². The Morgan fingerprint density at radius 2 is 1.87 bits per heavy atom. The van der Waals surface area contributed by atoms with Gasteiger partial charge < -0.3 is 30.4 Å². The highest BCUT2D eigenvalue weighted by atomic mass is 19.3. The summed E-state index contributed by atoms with van der Waals surface area (Å²) in [6.45, 7) is -0.0285. The molecule has 38 heavy (non-hydrogen) atoms. The number of halogens is 4. The van der Waals surface area contributed by atoms with Crippen molar-refractivity contribution in [2.75, 3.05) is 31.6 Å². The summed E-state index contributed by atoms with van der Waals surface area (Å²) < 4.78 is 64.0. The summed E-state index contributed by atoms with van der Waals surface area (Å²) >= 11 is 0. The maximum Gasteiger partial charge on any atom is 0.387 e. The van der Waals surface area contributed by atoms with Crippen LogP contribution in [-0.2, 0) is 18.2 Å². The largest absolute Gasteiger partial charge is 0.432 e. The molecule has 4 N–H and O–H groups in total. The number of benzene rings is 2. The van der Waals surface area contributed by atoms with Crippen molar-refractivity contribution in [3.8, 4) is 17.0 Å². The molecule has 0 saturated heterocycles. The molecule has 2 amide bonds. The summed E-state index contributed by atoms with van der Waals surface area (Å²) in [4.78, 5) is 29.4. The number of nitrogens with one attached hydrogen (secondary N) is 2. The highest BCUT2D eigenvalue weighted by Gasteiger charge is 2.23. The van der Waals surface area contributed by atoms with Gasteiger partial charge in [-0.15, -0.1) is 0 Å². The van der Waals surface area contributed by atoms with E-state index in [0.29, 0.717) is 49.5 Å². The normalized spacial score (nSPS) is 11.1. The summed E-state index contributed by atoms with van der Waals surface area (Å²) in [5.41, 5.74) is 6.61. The maximum atomic E-state index is 14.6. The van der Waals surface area contributed by atoms with Crippen molar-refractivity contribution >= 4 is 17.5 Å². The van der Waals surface area contributed by atoms with Gasteiger partial charge in [0.25, 0.3) is 11.8 Å². The van der Waals surface area contributed by atoms with Gasteiger partial charge in [0, 0.05) is 37.0 Å². The average molecular weight is 538 g/mol. The Bertz CT molecular complexity index is 1300. The van der Waals surface area contributed by atoms with Gasteiger partial charge >= 0.3 is 6.61 Å². The molecule has 204 valence electrons. The molecule has 13 heteroatoms. The second-order valence-electron chi connectivity index (χ2n) is 7.98. The van der Waals surface area contributed by atoms with Crippen LogP contribution >= 0.6 is 0 Å². The lowest BCUT2D eigenvalue weighted by Gasteiger charge is -2.13. The minimum atomic E-state index is -3.32. The summed E-state index contributed by atoms with van der Waals surface area (Å²) in [7, 11) is 1.42. The molecule has 0 radical (unpaired) electrons. The number of ether oxygens (including phenoxy) is 2. The van der Waals surface area contributed by atoms with Crippen molar-refractivity contribution in [1.29, 1.82) is 0 Å². The van der Waals surface area contributed by atoms with Crippen LogP contribution in [0.25, 0.3) is 11.3 Å². The maximum absolute atomic E-state index is 14.6. The number of aryl methyl sites for hydroxylation is 1. The number of amides is 2. The highest BCUT2D eigenvalue weighted by Crippen LogP contribution is 2.31. The van der Waals surface area contributed by atoms with Crippen molar-refractivity contribution in [1.82, 2.24) is 14.9 Å². The number of alkyl halides is 2. The SMILES string of the molecule is CCc1cc(NC(=O)c2ncc(-c3ccc(OC(F)F)c(F)c3F)n2C)ccc1C(=O)NCCOCCN. The van der Waals surface area contributed by atoms with E-state index < -0.39 is 29.9 Å². The monoisotopic (exact) mass is 537 g/mol. The molecular formula is C25H27F4N5O4. The van der Waals surface area contributed by atoms with Gasteiger partial charge in [0.15, 0.2) is 17.4 Å². The van der Waals surface area contributed by atoms with E-state index in [1.807, 2.05) is 6.92 Å². The fourth-order valence-corrected chi connectivity index (χ4v) is 3.68. The molecule has 0 aliphatic rings. The minimum absolute atomic E-state index is 0.0341. The number of aromatic nitrogens is 2. The molecular weight excluding hydrogens is 510 g/mol. The first kappa shape index (κ1) is 28.6. The molecule has 0 atom stereocenters. The lowest BCUT2D eigenvalue weighted by atomic mass is 10.0. The number of imidazole rings is 1. The summed E-state index contributed by atoms with van der Waals surface area (Å²) in [5.74, 6) is -5.01. The number of hydrogen-bond donors (Lipinski definition) is 3. The van der Waals surface area contributed by atoms with Crippen LogP contribution in [-0.4, -0.2) is 54.3 Å². The first-order valence-corrected chi connectivity index (χ1v) is 11.6. The highest BCUT2D eigenvalue weighted by molar-refractivity contribution is 6.03. The van der Waals surface area contributed by atoms with Crippen LogP contribution in [0, 0.1) is 11.6 Å². The number of nitrogens with zero attached hydrogens (tertiary/aromatic N) is 2. The second kappa shape index (κ2) is 13.0. The molecule has 0 saturated carbocycles. The molecule has 0 unspecified atom stereocenters. The summed E-state index contributed by atoms with van der Waals surface area (Å²) in [6.07, 6.45) is 1.67. The van der Waals surface area contributed by atoms with Gasteiger partial charge in [-0.2, -0.15) is 13.2 Å². The lowest BCUT2D eigenvalue weighted by molar-refractivity contribution is -0.0525. The molecule has 3 aromatic rings. The van der Waals surface area contributed by atoms with Gasteiger partial charge in [0.1, 0.15) is 0 Å². The van der Waals surface area contributed by atoms with Crippen LogP contribution in [0.2, 0.25) is 0 Å². The fourth-order valence-electron chi connectivity index (χ4n) is 3.68. The molecule has 0 aliphatic carbocycles. The summed E-state index contributed by atoms with van der Waals surface area (Å²) in [5, 5.41) is 5.43. The third-order valence-corrected chi connectivity index (χ3v) is 5.51. The van der Waals surface area contributed by atoms with E-state index in [4.69, 9.17) is 10.5 Å². The Kier molecular flexibility index (Phi) is 9.79. The smallest absolute Gasteiger partial charge is 0.387 e. The van der Waals surface area contributed by atoms with E-state index in [9.17, 15) is 27.2 Å². The van der Waals surface area contributed by atoms with E-state index in [-0.39, 0.29) is 23.0 Å². The van der Waals surface area contributed by atoms with Crippen LogP contribution in [0.1, 0.15) is 33.5 Å². The van der Waals surface area contributed by atoms with Crippen LogP contribution in [0.4, 0.5) is 23.2 Å². The zero-order valence-electron chi connectivity index (χ0n) is 20.7. The Labute approximate surface area is 215 Å². The molecule has 0 spiro atoms. The van der Waals surface area contributed by atoms with Crippen molar-refractivity contribution in [2.24, 2.45) is 12.8 Å². The first-order chi connectivity index (χ1) is 18.2. The van der Waals surface area contributed by atoms with E-state index in [1.165, 1.54) is 11.6 Å². The Balaban J connectivity index is 1.75. The van der Waals surface area contributed by atoms with Crippen molar-refractivity contribution in [3.63, 3.8) is 0 Å². The topological polar surface area (TPSA) is 120 Å². The van der Waals surface area contributed by atoms with Crippen LogP contribution < -0.4 is 21.1 Å². The lowest BCUT2D eigenvalue weighted by Crippen LogP contribution is -2.28. The van der Waals surface area contributed by atoms with Gasteiger partial charge in [-0.1, -0.05) is 6.92 Å². The van der Waals surface area contributed by atoms with Gasteiger partial charge in [0.05, 0.1) is 25.1 Å². The molecule has 0 bridgehead atoms. The van der Waals surface area contributed by atoms with Gasteiger partial charge in [-0.05, 0) is 42.3 Å². The average Bonchev–Trinajstić information content (AvgIpc) is 3.27. The van der Waals surface area contributed by atoms with Crippen LogP contribution in [0.3, 0.4) is 0 Å². The third kappa shape index (κ3) is 6.66. The fraction of sp³-hybridized carbons (Fsp3) is 0.320. The van der Waals surface area contributed by atoms with Crippen molar-refractivity contribution in [2.45, 2.75) is 20.0 Å². The first-order valence-electron chi connectivity index (χ1n) is 11.6. The number of rotatable bonds is 12. The van der Waals surface area contributed by atoms with E-state index in [2.05, 4.69) is 20.4 Å². The number of hydrogen-bond acceptors (Lipinski definition) is 6. The predicted molar refractivity (Wildman–Crippen MR) is 131 cm³/mol. The second-order valence-corrected chi connectivity index (χ2v) is 7.98. The van der Waals surface area contributed by atoms with Gasteiger partial charge in [0.2, 0.25) is 5.82 Å². The van der Waals surface area contributed by atoms with Crippen molar-refractivity contribution in [3.05, 3.63) is 65.1 Å². The quantitative estimate of drug-likeness (QED) is 0.240. The molecule has 1 heterocycles. The Morgan fingerprint density at radius 1 is 1.11 bits per heavy atom. The van der Waals surface area contributed by atoms with E-state index in [1.54, 1.807) is 18.2 Å².